The number of ether oxygens (including phenoxy) is 2. The molecule has 0 amide bonds. The molecule has 2 rings (SSSR count). The predicted molar refractivity (Wildman–Crippen MR) is 75.1 cm³/mol. The Labute approximate surface area is 114 Å². The van der Waals surface area contributed by atoms with Crippen LogP contribution >= 0.6 is 0 Å². The van der Waals surface area contributed by atoms with Crippen LogP contribution in [0.15, 0.2) is 18.2 Å². The first-order valence-electron chi connectivity index (χ1n) is 6.93. The molecule has 0 N–H and O–H groups in total. The van der Waals surface area contributed by atoms with Crippen molar-refractivity contribution in [2.45, 2.75) is 39.0 Å². The molecule has 1 aliphatic carbocycles. The van der Waals surface area contributed by atoms with Crippen LogP contribution in [-0.2, 0) is 0 Å². The molecular weight excluding hydrogens is 240 g/mol. The van der Waals surface area contributed by atoms with Gasteiger partial charge in [0.25, 0.3) is 0 Å². The highest BCUT2D eigenvalue weighted by Crippen LogP contribution is 2.45. The summed E-state index contributed by atoms with van der Waals surface area (Å²) in [4.78, 5) is 12.9. The normalized spacial score (nSPS) is 17.2. The fourth-order valence-electron chi connectivity index (χ4n) is 3.07. The van der Waals surface area contributed by atoms with Gasteiger partial charge in [0.05, 0.1) is 19.8 Å². The van der Waals surface area contributed by atoms with Gasteiger partial charge < -0.3 is 9.47 Å². The maximum atomic E-state index is 12.9. The predicted octanol–water partition coefficient (Wildman–Crippen LogP) is 3.86. The van der Waals surface area contributed by atoms with E-state index in [0.29, 0.717) is 17.1 Å². The molecule has 0 aromatic heterocycles. The van der Waals surface area contributed by atoms with Crippen LogP contribution in [0, 0.1) is 5.41 Å². The molecule has 1 aromatic rings. The van der Waals surface area contributed by atoms with Gasteiger partial charge in [0.15, 0.2) is 5.78 Å². The van der Waals surface area contributed by atoms with E-state index in [1.165, 1.54) is 0 Å². The molecule has 1 aliphatic rings. The number of carbonyl (C=O) groups is 1. The van der Waals surface area contributed by atoms with E-state index in [9.17, 15) is 4.79 Å². The van der Waals surface area contributed by atoms with Crippen LogP contribution in [-0.4, -0.2) is 20.0 Å². The fourth-order valence-corrected chi connectivity index (χ4v) is 3.07. The summed E-state index contributed by atoms with van der Waals surface area (Å²) >= 11 is 0. The minimum absolute atomic E-state index is 0.195. The second kappa shape index (κ2) is 5.64. The Kier molecular flexibility index (Phi) is 4.13. The van der Waals surface area contributed by atoms with Crippen molar-refractivity contribution in [2.24, 2.45) is 5.41 Å². The van der Waals surface area contributed by atoms with Crippen molar-refractivity contribution in [3.05, 3.63) is 23.8 Å². The number of hydrogen-bond acceptors (Lipinski definition) is 3. The molecule has 3 nitrogen and oxygen atoms in total. The zero-order valence-corrected chi connectivity index (χ0v) is 12.0. The van der Waals surface area contributed by atoms with Crippen LogP contribution < -0.4 is 9.47 Å². The van der Waals surface area contributed by atoms with Crippen molar-refractivity contribution in [2.75, 3.05) is 14.2 Å². The summed E-state index contributed by atoms with van der Waals surface area (Å²) in [6.07, 6.45) is 5.16. The van der Waals surface area contributed by atoms with E-state index in [4.69, 9.17) is 9.47 Å². The summed E-state index contributed by atoms with van der Waals surface area (Å²) in [6, 6.07) is 5.43. The zero-order chi connectivity index (χ0) is 13.9. The van der Waals surface area contributed by atoms with E-state index >= 15 is 0 Å². The molecule has 1 aromatic carbocycles. The number of benzene rings is 1. The van der Waals surface area contributed by atoms with Crippen molar-refractivity contribution >= 4 is 5.78 Å². The molecule has 1 fully saturated rings. The highest BCUT2D eigenvalue weighted by Gasteiger charge is 2.40. The molecule has 0 atom stereocenters. The maximum absolute atomic E-state index is 12.9. The molecule has 104 valence electrons. The quantitative estimate of drug-likeness (QED) is 0.756. The second-order valence-electron chi connectivity index (χ2n) is 5.24. The number of hydrogen-bond donors (Lipinski definition) is 0. The van der Waals surface area contributed by atoms with Crippen molar-refractivity contribution < 1.29 is 14.3 Å². The Morgan fingerprint density at radius 2 is 1.89 bits per heavy atom. The first-order chi connectivity index (χ1) is 9.16. The minimum Gasteiger partial charge on any atom is -0.497 e. The third kappa shape index (κ3) is 2.46. The van der Waals surface area contributed by atoms with Gasteiger partial charge in [0.1, 0.15) is 11.5 Å². The molecule has 0 unspecified atom stereocenters. The summed E-state index contributed by atoms with van der Waals surface area (Å²) in [5, 5.41) is 0. The zero-order valence-electron chi connectivity index (χ0n) is 12.0. The number of rotatable bonds is 5. The molecular formula is C16H22O3. The molecule has 3 heteroatoms. The first kappa shape index (κ1) is 13.9. The van der Waals surface area contributed by atoms with Gasteiger partial charge in [-0.05, 0) is 37.5 Å². The molecule has 0 saturated heterocycles. The van der Waals surface area contributed by atoms with Gasteiger partial charge in [-0.1, -0.05) is 19.8 Å². The van der Waals surface area contributed by atoms with E-state index in [-0.39, 0.29) is 11.2 Å². The van der Waals surface area contributed by atoms with E-state index < -0.39 is 0 Å². The van der Waals surface area contributed by atoms with Gasteiger partial charge >= 0.3 is 0 Å². The number of methoxy groups -OCH3 is 2. The van der Waals surface area contributed by atoms with Gasteiger partial charge in [-0.3, -0.25) is 4.79 Å². The lowest BCUT2D eigenvalue weighted by Crippen LogP contribution is -2.27. The summed E-state index contributed by atoms with van der Waals surface area (Å²) in [6.45, 7) is 2.11. The van der Waals surface area contributed by atoms with Crippen molar-refractivity contribution in [1.29, 1.82) is 0 Å². The highest BCUT2D eigenvalue weighted by molar-refractivity contribution is 6.03. The van der Waals surface area contributed by atoms with Gasteiger partial charge in [0.2, 0.25) is 0 Å². The summed E-state index contributed by atoms with van der Waals surface area (Å²) in [5.41, 5.74) is 0.463. The van der Waals surface area contributed by atoms with Gasteiger partial charge in [-0.2, -0.15) is 0 Å². The Bertz CT molecular complexity index is 459. The van der Waals surface area contributed by atoms with Crippen molar-refractivity contribution in [3.8, 4) is 11.5 Å². The van der Waals surface area contributed by atoms with E-state index in [0.717, 1.165) is 32.1 Å². The molecule has 0 aliphatic heterocycles. The van der Waals surface area contributed by atoms with Crippen molar-refractivity contribution in [3.63, 3.8) is 0 Å². The standard InChI is InChI=1S/C16H22O3/c1-4-16(9-5-6-10-16)15(17)13-11-12(18-2)7-8-14(13)19-3/h7-8,11H,4-6,9-10H2,1-3H3. The Hall–Kier alpha value is -1.51. The van der Waals surface area contributed by atoms with Gasteiger partial charge in [0, 0.05) is 5.41 Å². The molecule has 19 heavy (non-hydrogen) atoms. The second-order valence-corrected chi connectivity index (χ2v) is 5.24. The lowest BCUT2D eigenvalue weighted by Gasteiger charge is -2.26. The summed E-state index contributed by atoms with van der Waals surface area (Å²) in [7, 11) is 3.22. The van der Waals surface area contributed by atoms with Crippen LogP contribution in [0.3, 0.4) is 0 Å². The number of ketones is 1. The third-order valence-corrected chi connectivity index (χ3v) is 4.37. The fraction of sp³-hybridized carbons (Fsp3) is 0.562. The maximum Gasteiger partial charge on any atom is 0.172 e. The monoisotopic (exact) mass is 262 g/mol. The Morgan fingerprint density at radius 1 is 1.21 bits per heavy atom. The molecule has 0 radical (unpaired) electrons. The van der Waals surface area contributed by atoms with E-state index in [2.05, 4.69) is 6.92 Å². The van der Waals surface area contributed by atoms with Crippen LogP contribution in [0.2, 0.25) is 0 Å². The molecule has 0 bridgehead atoms. The largest absolute Gasteiger partial charge is 0.497 e. The average Bonchev–Trinajstić information content (AvgIpc) is 2.95. The van der Waals surface area contributed by atoms with E-state index in [1.807, 2.05) is 12.1 Å². The SMILES string of the molecule is CCC1(C(=O)c2cc(OC)ccc2OC)CCCC1. The van der Waals surface area contributed by atoms with Crippen LogP contribution in [0.25, 0.3) is 0 Å². The number of carbonyl (C=O) groups excluding carboxylic acids is 1. The lowest BCUT2D eigenvalue weighted by atomic mass is 9.76. The lowest BCUT2D eigenvalue weighted by molar-refractivity contribution is 0.0787. The minimum atomic E-state index is -0.195. The molecule has 0 heterocycles. The van der Waals surface area contributed by atoms with Gasteiger partial charge in [-0.15, -0.1) is 0 Å². The van der Waals surface area contributed by atoms with Gasteiger partial charge in [-0.25, -0.2) is 0 Å². The van der Waals surface area contributed by atoms with Crippen LogP contribution in [0.1, 0.15) is 49.4 Å². The van der Waals surface area contributed by atoms with E-state index in [1.54, 1.807) is 20.3 Å². The smallest absolute Gasteiger partial charge is 0.172 e. The first-order valence-corrected chi connectivity index (χ1v) is 6.93. The van der Waals surface area contributed by atoms with Crippen molar-refractivity contribution in [1.82, 2.24) is 0 Å². The highest BCUT2D eigenvalue weighted by atomic mass is 16.5. The Morgan fingerprint density at radius 3 is 2.42 bits per heavy atom. The topological polar surface area (TPSA) is 35.5 Å². The Balaban J connectivity index is 2.41. The van der Waals surface area contributed by atoms with Crippen LogP contribution in [0.5, 0.6) is 11.5 Å². The summed E-state index contributed by atoms with van der Waals surface area (Å²) < 4.78 is 10.6. The number of Topliss-reactive ketones (excluding diaryl/α,β-unsaturated/α-hetero) is 1. The third-order valence-electron chi connectivity index (χ3n) is 4.37. The molecule has 0 spiro atoms. The van der Waals surface area contributed by atoms with Crippen LogP contribution in [0.4, 0.5) is 0 Å². The molecule has 1 saturated carbocycles. The average molecular weight is 262 g/mol. The summed E-state index contributed by atoms with van der Waals surface area (Å²) in [5.74, 6) is 1.56.